The van der Waals surface area contributed by atoms with E-state index in [2.05, 4.69) is 37.1 Å². The van der Waals surface area contributed by atoms with Crippen LogP contribution in [0, 0.1) is 0 Å². The van der Waals surface area contributed by atoms with E-state index in [-0.39, 0.29) is 0 Å². The average molecular weight is 190 g/mol. The summed E-state index contributed by atoms with van der Waals surface area (Å²) in [6.45, 7) is 4.16. The van der Waals surface area contributed by atoms with Crippen LogP contribution in [0.25, 0.3) is 0 Å². The number of hydrogen-bond acceptors (Lipinski definition) is 2. The van der Waals surface area contributed by atoms with Gasteiger partial charge in [-0.15, -0.1) is 0 Å². The second-order valence-electron chi connectivity index (χ2n) is 4.18. The lowest BCUT2D eigenvalue weighted by Gasteiger charge is -2.16. The third-order valence-corrected chi connectivity index (χ3v) is 3.02. The van der Waals surface area contributed by atoms with Gasteiger partial charge in [0.05, 0.1) is 0 Å². The van der Waals surface area contributed by atoms with Crippen LogP contribution in [0.3, 0.4) is 0 Å². The molecule has 1 atom stereocenters. The molecule has 0 aromatic heterocycles. The van der Waals surface area contributed by atoms with Crippen molar-refractivity contribution in [3.63, 3.8) is 0 Å². The fourth-order valence-electron chi connectivity index (χ4n) is 2.43. The van der Waals surface area contributed by atoms with E-state index in [1.54, 1.807) is 0 Å². The monoisotopic (exact) mass is 190 g/mol. The number of rotatable bonds is 2. The van der Waals surface area contributed by atoms with Crippen LogP contribution in [0.15, 0.2) is 18.2 Å². The zero-order valence-corrected chi connectivity index (χ0v) is 8.96. The van der Waals surface area contributed by atoms with E-state index >= 15 is 0 Å². The van der Waals surface area contributed by atoms with Crippen molar-refractivity contribution in [2.75, 3.05) is 25.0 Å². The zero-order chi connectivity index (χ0) is 10.1. The van der Waals surface area contributed by atoms with E-state index in [0.717, 1.165) is 19.5 Å². The summed E-state index contributed by atoms with van der Waals surface area (Å²) >= 11 is 0. The smallest absolute Gasteiger partial charge is 0.0432 e. The fourth-order valence-corrected chi connectivity index (χ4v) is 2.43. The Labute approximate surface area is 85.7 Å². The molecule has 0 spiro atoms. The number of hydrogen-bond donors (Lipinski definition) is 1. The minimum atomic E-state index is 0.660. The van der Waals surface area contributed by atoms with Crippen LogP contribution >= 0.6 is 0 Å². The molecule has 76 valence electrons. The molecule has 0 bridgehead atoms. The van der Waals surface area contributed by atoms with Gasteiger partial charge in [-0.3, -0.25) is 0 Å². The van der Waals surface area contributed by atoms with Crippen molar-refractivity contribution in [2.24, 2.45) is 5.73 Å². The van der Waals surface area contributed by atoms with Crippen LogP contribution in [0.4, 0.5) is 5.69 Å². The predicted octanol–water partition coefficient (Wildman–Crippen LogP) is 1.74. The maximum absolute atomic E-state index is 5.62. The highest BCUT2D eigenvalue weighted by molar-refractivity contribution is 5.64. The molecule has 1 aliphatic rings. The summed E-state index contributed by atoms with van der Waals surface area (Å²) < 4.78 is 0. The van der Waals surface area contributed by atoms with Crippen LogP contribution in [0.5, 0.6) is 0 Å². The molecular weight excluding hydrogens is 172 g/mol. The molecule has 0 aliphatic carbocycles. The number of fused-ring (bicyclic) bond motifs is 1. The van der Waals surface area contributed by atoms with Gasteiger partial charge in [0.25, 0.3) is 0 Å². The van der Waals surface area contributed by atoms with Crippen LogP contribution in [-0.4, -0.2) is 20.1 Å². The first-order valence-electron chi connectivity index (χ1n) is 5.27. The molecule has 14 heavy (non-hydrogen) atoms. The third kappa shape index (κ3) is 1.40. The molecule has 1 aromatic carbocycles. The highest BCUT2D eigenvalue weighted by atomic mass is 15.1. The molecule has 1 aromatic rings. The van der Waals surface area contributed by atoms with E-state index in [1.807, 2.05) is 0 Å². The lowest BCUT2D eigenvalue weighted by molar-refractivity contribution is 0.796. The fraction of sp³-hybridized carbons (Fsp3) is 0.500. The molecule has 0 radical (unpaired) electrons. The van der Waals surface area contributed by atoms with Gasteiger partial charge >= 0.3 is 0 Å². The maximum atomic E-state index is 5.62. The van der Waals surface area contributed by atoms with Gasteiger partial charge in [-0.1, -0.05) is 25.1 Å². The van der Waals surface area contributed by atoms with Crippen molar-refractivity contribution in [3.05, 3.63) is 29.3 Å². The first kappa shape index (κ1) is 9.53. The number of nitrogens with two attached hydrogens (primary N) is 1. The summed E-state index contributed by atoms with van der Waals surface area (Å²) in [6, 6.07) is 6.59. The largest absolute Gasteiger partial charge is 0.374 e. The molecule has 2 heteroatoms. The van der Waals surface area contributed by atoms with Crippen LogP contribution in [0.1, 0.15) is 24.0 Å². The van der Waals surface area contributed by atoms with Gasteiger partial charge in [-0.05, 0) is 24.1 Å². The number of benzene rings is 1. The summed E-state index contributed by atoms with van der Waals surface area (Å²) in [5.74, 6) is 0.660. The summed E-state index contributed by atoms with van der Waals surface area (Å²) in [7, 11) is 2.17. The summed E-state index contributed by atoms with van der Waals surface area (Å²) in [5.41, 5.74) is 9.92. The second-order valence-corrected chi connectivity index (χ2v) is 4.18. The Balaban J connectivity index is 2.45. The number of nitrogens with zero attached hydrogens (tertiary/aromatic N) is 1. The molecule has 0 saturated heterocycles. The number of likely N-dealkylation sites (N-methyl/N-ethyl adjacent to an activating group) is 1. The highest BCUT2D eigenvalue weighted by Gasteiger charge is 2.24. The third-order valence-electron chi connectivity index (χ3n) is 3.02. The predicted molar refractivity (Wildman–Crippen MR) is 60.9 cm³/mol. The van der Waals surface area contributed by atoms with Crippen molar-refractivity contribution >= 4 is 5.69 Å². The minimum Gasteiger partial charge on any atom is -0.374 e. The zero-order valence-electron chi connectivity index (χ0n) is 8.96. The lowest BCUT2D eigenvalue weighted by atomic mass is 9.99. The number of para-hydroxylation sites is 1. The van der Waals surface area contributed by atoms with Crippen LogP contribution < -0.4 is 10.6 Å². The number of anilines is 1. The van der Waals surface area contributed by atoms with Crippen LogP contribution in [-0.2, 0) is 6.42 Å². The lowest BCUT2D eigenvalue weighted by Crippen LogP contribution is -2.16. The summed E-state index contributed by atoms with van der Waals surface area (Å²) in [4.78, 5) is 2.35. The Morgan fingerprint density at radius 2 is 2.29 bits per heavy atom. The average Bonchev–Trinajstić information content (AvgIpc) is 2.44. The van der Waals surface area contributed by atoms with Crippen molar-refractivity contribution in [1.29, 1.82) is 0 Å². The molecule has 2 nitrogen and oxygen atoms in total. The molecule has 2 rings (SSSR count). The van der Waals surface area contributed by atoms with Gasteiger partial charge in [0.2, 0.25) is 0 Å². The Morgan fingerprint density at radius 3 is 3.00 bits per heavy atom. The molecule has 1 unspecified atom stereocenters. The normalized spacial score (nSPS) is 19.9. The summed E-state index contributed by atoms with van der Waals surface area (Å²) in [6.07, 6.45) is 0.986. The Bertz CT molecular complexity index is 333. The standard InChI is InChI=1S/C12H18N2/c1-9-8-14(2)12-10(6-7-13)4-3-5-11(9)12/h3-5,9H,6-8,13H2,1-2H3. The van der Waals surface area contributed by atoms with Gasteiger partial charge in [-0.25, -0.2) is 0 Å². The van der Waals surface area contributed by atoms with Crippen molar-refractivity contribution in [3.8, 4) is 0 Å². The molecule has 0 amide bonds. The highest BCUT2D eigenvalue weighted by Crippen LogP contribution is 2.37. The second kappa shape index (κ2) is 3.62. The minimum absolute atomic E-state index is 0.660. The maximum Gasteiger partial charge on any atom is 0.0432 e. The van der Waals surface area contributed by atoms with Crippen LogP contribution in [0.2, 0.25) is 0 Å². The van der Waals surface area contributed by atoms with Crippen molar-refractivity contribution < 1.29 is 0 Å². The van der Waals surface area contributed by atoms with E-state index in [0.29, 0.717) is 5.92 Å². The first-order valence-corrected chi connectivity index (χ1v) is 5.27. The topological polar surface area (TPSA) is 29.3 Å². The van der Waals surface area contributed by atoms with Crippen molar-refractivity contribution in [1.82, 2.24) is 0 Å². The Hall–Kier alpha value is -1.02. The molecule has 1 aliphatic heterocycles. The quantitative estimate of drug-likeness (QED) is 0.769. The molecular formula is C12H18N2. The first-order chi connectivity index (χ1) is 6.74. The van der Waals surface area contributed by atoms with Gasteiger partial charge in [0, 0.05) is 25.2 Å². The van der Waals surface area contributed by atoms with Crippen molar-refractivity contribution in [2.45, 2.75) is 19.3 Å². The van der Waals surface area contributed by atoms with E-state index in [1.165, 1.54) is 16.8 Å². The Morgan fingerprint density at radius 1 is 1.50 bits per heavy atom. The molecule has 0 saturated carbocycles. The van der Waals surface area contributed by atoms with Gasteiger partial charge in [0.1, 0.15) is 0 Å². The molecule has 2 N–H and O–H groups in total. The molecule has 1 heterocycles. The van der Waals surface area contributed by atoms with E-state index < -0.39 is 0 Å². The SMILES string of the molecule is CC1CN(C)c2c(CCN)cccc21. The van der Waals surface area contributed by atoms with E-state index in [9.17, 15) is 0 Å². The Kier molecular flexibility index (Phi) is 2.46. The van der Waals surface area contributed by atoms with E-state index in [4.69, 9.17) is 5.73 Å². The summed E-state index contributed by atoms with van der Waals surface area (Å²) in [5, 5.41) is 0. The van der Waals surface area contributed by atoms with Gasteiger partial charge < -0.3 is 10.6 Å². The van der Waals surface area contributed by atoms with Gasteiger partial charge in [-0.2, -0.15) is 0 Å². The van der Waals surface area contributed by atoms with Gasteiger partial charge in [0.15, 0.2) is 0 Å². The molecule has 0 fully saturated rings.